The van der Waals surface area contributed by atoms with Crippen LogP contribution in [0.4, 0.5) is 0 Å². The Morgan fingerprint density at radius 3 is 1.72 bits per heavy atom. The van der Waals surface area contributed by atoms with Crippen molar-refractivity contribution in [2.45, 2.75) is 69.2 Å². The maximum Gasteiger partial charge on any atom is 0.310 e. The summed E-state index contributed by atoms with van der Waals surface area (Å²) in [7, 11) is 1.37. The number of carbonyl (C=O) groups is 3. The van der Waals surface area contributed by atoms with Crippen LogP contribution >= 0.6 is 0 Å². The average Bonchev–Trinajstić information content (AvgIpc) is 3.10. The third-order valence-corrected chi connectivity index (χ3v) is 8.56. The third kappa shape index (κ3) is 9.38. The molecule has 0 unspecified atom stereocenters. The molecule has 0 radical (unpaired) electrons. The van der Waals surface area contributed by atoms with Gasteiger partial charge in [0.1, 0.15) is 6.10 Å². The van der Waals surface area contributed by atoms with E-state index in [1.807, 2.05) is 103 Å². The molecule has 2 aliphatic rings. The number of hydrogen-bond acceptors (Lipinski definition) is 9. The Labute approximate surface area is 275 Å². The minimum Gasteiger partial charge on any atom is -0.455 e. The second-order valence-corrected chi connectivity index (χ2v) is 11.9. The lowest BCUT2D eigenvalue weighted by molar-refractivity contribution is -0.304. The van der Waals surface area contributed by atoms with Gasteiger partial charge in [0.25, 0.3) is 0 Å². The minimum atomic E-state index is -1.30. The Kier molecular flexibility index (Phi) is 12.3. The van der Waals surface area contributed by atoms with Crippen molar-refractivity contribution in [3.8, 4) is 0 Å². The lowest BCUT2D eigenvalue weighted by Crippen LogP contribution is -2.63. The van der Waals surface area contributed by atoms with Crippen LogP contribution in [0.2, 0.25) is 0 Å². The molecule has 0 spiro atoms. The Morgan fingerprint density at radius 2 is 1.23 bits per heavy atom. The Bertz CT molecular complexity index is 1460. The predicted octanol–water partition coefficient (Wildman–Crippen LogP) is 4.79. The number of aliphatic hydroxyl groups is 1. The van der Waals surface area contributed by atoms with E-state index in [0.717, 1.165) is 16.7 Å². The lowest BCUT2D eigenvalue weighted by Gasteiger charge is -2.44. The molecular formula is C38H42O9. The van der Waals surface area contributed by atoms with E-state index in [0.29, 0.717) is 32.1 Å². The molecule has 248 valence electrons. The molecule has 1 saturated heterocycles. The van der Waals surface area contributed by atoms with Crippen molar-refractivity contribution in [1.29, 1.82) is 0 Å². The first-order valence-electron chi connectivity index (χ1n) is 16.1. The van der Waals surface area contributed by atoms with E-state index in [2.05, 4.69) is 0 Å². The zero-order valence-electron chi connectivity index (χ0n) is 26.5. The van der Waals surface area contributed by atoms with Crippen LogP contribution in [0.25, 0.3) is 0 Å². The number of hydrogen-bond donors (Lipinski definition) is 1. The van der Waals surface area contributed by atoms with Crippen LogP contribution in [0.1, 0.15) is 36.0 Å². The predicted molar refractivity (Wildman–Crippen MR) is 173 cm³/mol. The van der Waals surface area contributed by atoms with Gasteiger partial charge in [0.15, 0.2) is 24.6 Å². The van der Waals surface area contributed by atoms with Crippen LogP contribution in [0, 0.1) is 11.8 Å². The monoisotopic (exact) mass is 642 g/mol. The standard InChI is InChI=1S/C38H42O9/c1-43-38-35-34(33(31(25-39)44-38)45-32(40)22-21-26-13-5-2-6-14-26)46-36(41)29(23-27-15-7-3-8-16-27)19-11-12-20-30(37(42)47-35)24-28-17-9-4-10-18-28/h2-18,29-31,33-35,38-39H,19-25H2,1H3/b12-11+/t29-,30-,31-,33-,34+,35-,38+/m1/s1. The molecule has 9 heteroatoms. The van der Waals surface area contributed by atoms with E-state index in [4.69, 9.17) is 23.7 Å². The summed E-state index contributed by atoms with van der Waals surface area (Å²) in [5.74, 6) is -2.80. The zero-order valence-corrected chi connectivity index (χ0v) is 26.5. The van der Waals surface area contributed by atoms with Crippen molar-refractivity contribution < 1.29 is 43.2 Å². The largest absolute Gasteiger partial charge is 0.455 e. The smallest absolute Gasteiger partial charge is 0.310 e. The van der Waals surface area contributed by atoms with Gasteiger partial charge in [-0.2, -0.15) is 0 Å². The van der Waals surface area contributed by atoms with E-state index in [1.165, 1.54) is 7.11 Å². The van der Waals surface area contributed by atoms with Gasteiger partial charge in [0, 0.05) is 13.5 Å². The van der Waals surface area contributed by atoms with Crippen LogP contribution in [-0.4, -0.2) is 67.4 Å². The first kappa shape index (κ1) is 34.0. The topological polar surface area (TPSA) is 118 Å². The fourth-order valence-corrected chi connectivity index (χ4v) is 6.02. The van der Waals surface area contributed by atoms with Crippen molar-refractivity contribution in [3.05, 3.63) is 120 Å². The van der Waals surface area contributed by atoms with Gasteiger partial charge < -0.3 is 28.8 Å². The summed E-state index contributed by atoms with van der Waals surface area (Å²) in [5.41, 5.74) is 2.88. The Morgan fingerprint density at radius 1 is 0.745 bits per heavy atom. The van der Waals surface area contributed by atoms with E-state index in [-0.39, 0.29) is 6.42 Å². The summed E-state index contributed by atoms with van der Waals surface area (Å²) >= 11 is 0. The van der Waals surface area contributed by atoms with Gasteiger partial charge in [0.05, 0.1) is 18.4 Å². The summed E-state index contributed by atoms with van der Waals surface area (Å²) in [5, 5.41) is 10.3. The van der Waals surface area contributed by atoms with Gasteiger partial charge in [-0.1, -0.05) is 103 Å². The molecule has 2 aliphatic heterocycles. The van der Waals surface area contributed by atoms with Crippen molar-refractivity contribution >= 4 is 17.9 Å². The number of fused-ring (bicyclic) bond motifs is 1. The number of rotatable bonds is 10. The Hall–Kier alpha value is -4.31. The normalized spacial score (nSPS) is 27.2. The van der Waals surface area contributed by atoms with Gasteiger partial charge in [-0.15, -0.1) is 0 Å². The molecule has 9 nitrogen and oxygen atoms in total. The summed E-state index contributed by atoms with van der Waals surface area (Å²) in [6.45, 7) is -0.558. The molecule has 1 N–H and O–H groups in total. The molecule has 1 fully saturated rings. The molecular weight excluding hydrogens is 600 g/mol. The summed E-state index contributed by atoms with van der Waals surface area (Å²) in [6, 6.07) is 28.8. The highest BCUT2D eigenvalue weighted by Crippen LogP contribution is 2.32. The fourth-order valence-electron chi connectivity index (χ4n) is 6.02. The highest BCUT2D eigenvalue weighted by Gasteiger charge is 2.53. The average molecular weight is 643 g/mol. The van der Waals surface area contributed by atoms with Crippen molar-refractivity contribution in [3.63, 3.8) is 0 Å². The molecule has 0 aliphatic carbocycles. The summed E-state index contributed by atoms with van der Waals surface area (Å²) in [4.78, 5) is 40.9. The van der Waals surface area contributed by atoms with E-state index < -0.39 is 67.1 Å². The van der Waals surface area contributed by atoms with Crippen molar-refractivity contribution in [2.75, 3.05) is 13.7 Å². The number of aliphatic hydroxyl groups excluding tert-OH is 1. The molecule has 3 aromatic carbocycles. The molecule has 7 atom stereocenters. The molecule has 0 bridgehead atoms. The van der Waals surface area contributed by atoms with E-state index >= 15 is 0 Å². The SMILES string of the molecule is CO[C@H]1O[C@H](CO)[C@@H](OC(=O)CCc2ccccc2)[C@@H]2OC(=O)[C@@H](Cc3ccccc3)C/C=C/C[C@H](Cc3ccccc3)C(=O)O[C@@H]12. The van der Waals surface area contributed by atoms with Gasteiger partial charge >= 0.3 is 17.9 Å². The summed E-state index contributed by atoms with van der Waals surface area (Å²) in [6.07, 6.45) is -0.291. The number of methoxy groups -OCH3 is 1. The highest BCUT2D eigenvalue weighted by molar-refractivity contribution is 5.75. The van der Waals surface area contributed by atoms with Crippen molar-refractivity contribution in [2.24, 2.45) is 11.8 Å². The number of ether oxygens (including phenoxy) is 5. The van der Waals surface area contributed by atoms with E-state index in [1.54, 1.807) is 0 Å². The summed E-state index contributed by atoms with van der Waals surface area (Å²) < 4.78 is 29.7. The molecule has 3 aromatic rings. The number of aryl methyl sites for hydroxylation is 1. The van der Waals surface area contributed by atoms with Gasteiger partial charge in [-0.05, 0) is 48.8 Å². The maximum atomic E-state index is 13.9. The van der Waals surface area contributed by atoms with E-state index in [9.17, 15) is 19.5 Å². The van der Waals surface area contributed by atoms with Gasteiger partial charge in [-0.3, -0.25) is 14.4 Å². The number of benzene rings is 3. The van der Waals surface area contributed by atoms with Gasteiger partial charge in [0.2, 0.25) is 0 Å². The van der Waals surface area contributed by atoms with Crippen LogP contribution in [0.3, 0.4) is 0 Å². The number of esters is 3. The maximum absolute atomic E-state index is 13.9. The van der Waals surface area contributed by atoms with Gasteiger partial charge in [-0.25, -0.2) is 0 Å². The number of allylic oxidation sites excluding steroid dienone is 2. The molecule has 0 saturated carbocycles. The first-order valence-corrected chi connectivity index (χ1v) is 16.1. The highest BCUT2D eigenvalue weighted by atomic mass is 16.7. The second-order valence-electron chi connectivity index (χ2n) is 11.9. The number of carbonyl (C=O) groups excluding carboxylic acids is 3. The first-order chi connectivity index (χ1) is 22.9. The molecule has 2 heterocycles. The van der Waals surface area contributed by atoms with Crippen molar-refractivity contribution in [1.82, 2.24) is 0 Å². The molecule has 0 aromatic heterocycles. The molecule has 47 heavy (non-hydrogen) atoms. The van der Waals surface area contributed by atoms with Crippen LogP contribution < -0.4 is 0 Å². The quantitative estimate of drug-likeness (QED) is 0.189. The minimum absolute atomic E-state index is 0.0397. The lowest BCUT2D eigenvalue weighted by atomic mass is 9.92. The van der Waals surface area contributed by atoms with Crippen LogP contribution in [0.15, 0.2) is 103 Å². The Balaban J connectivity index is 1.46. The van der Waals surface area contributed by atoms with Crippen LogP contribution in [0.5, 0.6) is 0 Å². The van der Waals surface area contributed by atoms with Crippen LogP contribution in [-0.2, 0) is 57.3 Å². The molecule has 0 amide bonds. The zero-order chi connectivity index (χ0) is 33.0. The second kappa shape index (κ2) is 17.0. The molecule has 5 rings (SSSR count). The fraction of sp³-hybridized carbons (Fsp3) is 0.395. The third-order valence-electron chi connectivity index (χ3n) is 8.56.